The van der Waals surface area contributed by atoms with E-state index in [0.29, 0.717) is 28.4 Å². The third kappa shape index (κ3) is 6.83. The maximum absolute atomic E-state index is 12.3. The summed E-state index contributed by atoms with van der Waals surface area (Å²) in [4.78, 5) is 6.52. The fourth-order valence-corrected chi connectivity index (χ4v) is 6.13. The van der Waals surface area contributed by atoms with E-state index in [9.17, 15) is 25.3 Å². The van der Waals surface area contributed by atoms with Gasteiger partial charge in [-0.05, 0) is 54.6 Å². The maximum Gasteiger partial charge on any atom is 0.177 e. The van der Waals surface area contributed by atoms with Crippen LogP contribution in [0.3, 0.4) is 0 Å². The van der Waals surface area contributed by atoms with E-state index in [0.717, 1.165) is 18.8 Å². The second kappa shape index (κ2) is 10.8. The molecule has 0 aliphatic rings. The third-order valence-corrected chi connectivity index (χ3v) is 9.25. The van der Waals surface area contributed by atoms with Crippen LogP contribution >= 0.6 is 0 Å². The minimum absolute atomic E-state index is 0.107. The van der Waals surface area contributed by atoms with Gasteiger partial charge in [-0.15, -0.1) is 0 Å². The van der Waals surface area contributed by atoms with Crippen LogP contribution in [0.5, 0.6) is 0 Å². The molecule has 1 N–H and O–H groups in total. The molecule has 0 atom stereocenters. The highest BCUT2D eigenvalue weighted by molar-refractivity contribution is 7.91. The molecule has 0 unspecified atom stereocenters. The van der Waals surface area contributed by atoms with Crippen molar-refractivity contribution in [2.45, 2.75) is 21.2 Å². The van der Waals surface area contributed by atoms with Crippen molar-refractivity contribution in [3.8, 4) is 0 Å². The van der Waals surface area contributed by atoms with Crippen molar-refractivity contribution < 1.29 is 25.3 Å². The van der Waals surface area contributed by atoms with Crippen LogP contribution in [0.15, 0.2) is 106 Å². The van der Waals surface area contributed by atoms with Gasteiger partial charge in [-0.3, -0.25) is 0 Å². The molecule has 3 aromatic carbocycles. The normalized spacial score (nSPS) is 12.2. The summed E-state index contributed by atoms with van der Waals surface area (Å²) in [5, 5.41) is 3.12. The molecule has 1 heterocycles. The zero-order valence-electron chi connectivity index (χ0n) is 21.4. The highest BCUT2D eigenvalue weighted by atomic mass is 32.2. The fourth-order valence-electron chi connectivity index (χ4n) is 3.97. The van der Waals surface area contributed by atoms with Crippen molar-refractivity contribution in [3.05, 3.63) is 96.7 Å². The summed E-state index contributed by atoms with van der Waals surface area (Å²) < 4.78 is 73.8. The highest BCUT2D eigenvalue weighted by Crippen LogP contribution is 2.33. The lowest BCUT2D eigenvalue weighted by molar-refractivity contribution is 0.600. The largest absolute Gasteiger partial charge is 0.339 e. The van der Waals surface area contributed by atoms with E-state index in [1.165, 1.54) is 30.3 Å². The average Bonchev–Trinajstić information content (AvgIpc) is 2.87. The van der Waals surface area contributed by atoms with E-state index in [2.05, 4.69) is 10.3 Å². The van der Waals surface area contributed by atoms with Gasteiger partial charge >= 0.3 is 0 Å². The smallest absolute Gasteiger partial charge is 0.177 e. The van der Waals surface area contributed by atoms with Crippen LogP contribution in [0, 0.1) is 0 Å². The predicted molar refractivity (Wildman–Crippen MR) is 152 cm³/mol. The van der Waals surface area contributed by atoms with Gasteiger partial charge in [-0.25, -0.2) is 30.2 Å². The number of pyridine rings is 1. The number of nitrogens with zero attached hydrogens (tertiary/aromatic N) is 2. The molecule has 0 amide bonds. The molecule has 9 nitrogen and oxygen atoms in total. The van der Waals surface area contributed by atoms with E-state index in [-0.39, 0.29) is 21.2 Å². The SMILES string of the molecule is CS(=O)(=O)c1cccc(N(Cc2cccnc2Nc2ccccc2S(C)(=O)=O)c2cccc(S(C)(=O)=O)c2)c1. The van der Waals surface area contributed by atoms with E-state index in [4.69, 9.17) is 0 Å². The quantitative estimate of drug-likeness (QED) is 0.304. The second-order valence-electron chi connectivity index (χ2n) is 9.03. The zero-order valence-corrected chi connectivity index (χ0v) is 23.9. The first-order chi connectivity index (χ1) is 18.2. The maximum atomic E-state index is 12.3. The molecule has 0 saturated heterocycles. The Morgan fingerprint density at radius 3 is 1.77 bits per heavy atom. The van der Waals surface area contributed by atoms with Gasteiger partial charge in [0.1, 0.15) is 5.82 Å². The first kappa shape index (κ1) is 28.3. The van der Waals surface area contributed by atoms with Gasteiger partial charge in [-0.2, -0.15) is 0 Å². The standard InChI is InChI=1S/C27H27N3O6S3/c1-37(31,32)23-12-6-10-21(17-23)30(22-11-7-13-24(18-22)38(2,33)34)19-20-9-8-16-28-27(20)29-25-14-4-5-15-26(25)39(3,35)36/h4-18H,19H2,1-3H3,(H,28,29). The molecule has 12 heteroatoms. The molecule has 1 aromatic heterocycles. The topological polar surface area (TPSA) is 131 Å². The lowest BCUT2D eigenvalue weighted by atomic mass is 10.1. The number of nitrogens with one attached hydrogen (secondary N) is 1. The third-order valence-electron chi connectivity index (χ3n) is 5.87. The first-order valence-electron chi connectivity index (χ1n) is 11.6. The van der Waals surface area contributed by atoms with Crippen LogP contribution in [0.1, 0.15) is 5.56 Å². The van der Waals surface area contributed by atoms with Gasteiger partial charge in [0.05, 0.1) is 26.9 Å². The van der Waals surface area contributed by atoms with Gasteiger partial charge in [0, 0.05) is 41.9 Å². The van der Waals surface area contributed by atoms with Gasteiger partial charge in [0.25, 0.3) is 0 Å². The number of anilines is 4. The summed E-state index contributed by atoms with van der Waals surface area (Å²) in [5.41, 5.74) is 2.02. The van der Waals surface area contributed by atoms with Gasteiger partial charge in [-0.1, -0.05) is 30.3 Å². The molecular formula is C27H27N3O6S3. The Kier molecular flexibility index (Phi) is 7.82. The van der Waals surface area contributed by atoms with Crippen molar-refractivity contribution in [1.82, 2.24) is 4.98 Å². The summed E-state index contributed by atoms with van der Waals surface area (Å²) >= 11 is 0. The van der Waals surface area contributed by atoms with E-state index in [1.54, 1.807) is 65.7 Å². The fraction of sp³-hybridized carbons (Fsp3) is 0.148. The monoisotopic (exact) mass is 585 g/mol. The number of para-hydroxylation sites is 1. The van der Waals surface area contributed by atoms with E-state index < -0.39 is 29.5 Å². The van der Waals surface area contributed by atoms with E-state index in [1.807, 2.05) is 0 Å². The van der Waals surface area contributed by atoms with Crippen LogP contribution in [-0.2, 0) is 36.1 Å². The molecule has 0 aliphatic carbocycles. The van der Waals surface area contributed by atoms with Crippen molar-refractivity contribution in [2.24, 2.45) is 0 Å². The summed E-state index contributed by atoms with van der Waals surface area (Å²) in [6.45, 7) is 0.150. The van der Waals surface area contributed by atoms with Crippen molar-refractivity contribution in [3.63, 3.8) is 0 Å². The lowest BCUT2D eigenvalue weighted by Crippen LogP contribution is -2.18. The van der Waals surface area contributed by atoms with Crippen molar-refractivity contribution in [2.75, 3.05) is 29.0 Å². The van der Waals surface area contributed by atoms with Gasteiger partial charge in [0.2, 0.25) is 0 Å². The summed E-state index contributed by atoms with van der Waals surface area (Å²) in [6.07, 6.45) is 4.91. The number of sulfone groups is 3. The van der Waals surface area contributed by atoms with Crippen LogP contribution in [0.4, 0.5) is 22.9 Å². The lowest BCUT2D eigenvalue weighted by Gasteiger charge is -2.27. The van der Waals surface area contributed by atoms with E-state index >= 15 is 0 Å². The second-order valence-corrected chi connectivity index (χ2v) is 15.0. The number of benzene rings is 3. The first-order valence-corrected chi connectivity index (χ1v) is 17.3. The summed E-state index contributed by atoms with van der Waals surface area (Å²) in [7, 11) is -10.6. The van der Waals surface area contributed by atoms with Crippen LogP contribution in [-0.4, -0.2) is 49.0 Å². The highest BCUT2D eigenvalue weighted by Gasteiger charge is 2.19. The van der Waals surface area contributed by atoms with Crippen LogP contribution < -0.4 is 10.2 Å². The predicted octanol–water partition coefficient (Wildman–Crippen LogP) is 4.37. The molecule has 0 saturated carbocycles. The summed E-state index contributed by atoms with van der Waals surface area (Å²) in [5.74, 6) is 0.386. The molecule has 39 heavy (non-hydrogen) atoms. The van der Waals surface area contributed by atoms with Gasteiger partial charge < -0.3 is 10.2 Å². The van der Waals surface area contributed by atoms with Crippen molar-refractivity contribution in [1.29, 1.82) is 0 Å². The molecular weight excluding hydrogens is 559 g/mol. The molecule has 4 aromatic rings. The number of hydrogen-bond acceptors (Lipinski definition) is 9. The minimum Gasteiger partial charge on any atom is -0.339 e. The molecule has 0 spiro atoms. The molecule has 0 radical (unpaired) electrons. The molecule has 0 bridgehead atoms. The number of aromatic nitrogens is 1. The Labute approximate surface area is 228 Å². The number of rotatable bonds is 9. The Balaban J connectivity index is 1.84. The molecule has 0 aliphatic heterocycles. The molecule has 0 fully saturated rings. The average molecular weight is 586 g/mol. The minimum atomic E-state index is -3.53. The van der Waals surface area contributed by atoms with Crippen LogP contribution in [0.2, 0.25) is 0 Å². The summed E-state index contributed by atoms with van der Waals surface area (Å²) in [6, 6.07) is 22.7. The number of hydrogen-bond donors (Lipinski definition) is 1. The molecule has 204 valence electrons. The zero-order chi connectivity index (χ0) is 28.4. The Morgan fingerprint density at radius 2 is 1.23 bits per heavy atom. The van der Waals surface area contributed by atoms with Crippen LogP contribution in [0.25, 0.3) is 0 Å². The van der Waals surface area contributed by atoms with Gasteiger partial charge in [0.15, 0.2) is 29.5 Å². The Morgan fingerprint density at radius 1 is 0.667 bits per heavy atom. The Hall–Kier alpha value is -3.74. The Bertz CT molecular complexity index is 1780. The van der Waals surface area contributed by atoms with Crippen molar-refractivity contribution >= 4 is 52.4 Å². The molecule has 4 rings (SSSR count).